The number of hydrogen-bond donors (Lipinski definition) is 0. The van der Waals surface area contributed by atoms with Gasteiger partial charge in [-0.2, -0.15) is 5.10 Å². The number of carbonyl (C=O) groups excluding carboxylic acids is 1. The van der Waals surface area contributed by atoms with Crippen LogP contribution in [0.15, 0.2) is 53.6 Å². The summed E-state index contributed by atoms with van der Waals surface area (Å²) >= 11 is 12.0. The van der Waals surface area contributed by atoms with Crippen molar-refractivity contribution in [3.8, 4) is 0 Å². The molecule has 1 amide bonds. The molecule has 1 aliphatic rings. The molecule has 0 saturated carbocycles. The Morgan fingerprint density at radius 2 is 1.82 bits per heavy atom. The highest BCUT2D eigenvalue weighted by atomic mass is 35.5. The van der Waals surface area contributed by atoms with Crippen LogP contribution in [0.5, 0.6) is 0 Å². The van der Waals surface area contributed by atoms with Crippen molar-refractivity contribution in [1.82, 2.24) is 5.01 Å². The fraction of sp³-hybridized carbons (Fsp3) is 0.176. The Labute approximate surface area is 139 Å². The van der Waals surface area contributed by atoms with E-state index in [1.54, 1.807) is 24.3 Å². The second-order valence-corrected chi connectivity index (χ2v) is 5.89. The van der Waals surface area contributed by atoms with E-state index in [-0.39, 0.29) is 5.91 Å². The highest BCUT2D eigenvalue weighted by Gasteiger charge is 2.20. The number of nitrogens with zero attached hydrogens (tertiary/aromatic N) is 2. The molecule has 0 N–H and O–H groups in total. The van der Waals surface area contributed by atoms with Crippen LogP contribution in [0.3, 0.4) is 0 Å². The lowest BCUT2D eigenvalue weighted by Gasteiger charge is -2.24. The predicted molar refractivity (Wildman–Crippen MR) is 89.7 cm³/mol. The zero-order chi connectivity index (χ0) is 15.5. The fourth-order valence-corrected chi connectivity index (χ4v) is 2.69. The topological polar surface area (TPSA) is 32.7 Å². The molecule has 22 heavy (non-hydrogen) atoms. The second-order valence-electron chi connectivity index (χ2n) is 5.07. The van der Waals surface area contributed by atoms with Gasteiger partial charge in [0.05, 0.1) is 15.8 Å². The Hall–Kier alpha value is -1.84. The highest BCUT2D eigenvalue weighted by molar-refractivity contribution is 6.42. The van der Waals surface area contributed by atoms with Gasteiger partial charge in [0, 0.05) is 12.1 Å². The number of halogens is 2. The standard InChI is InChI=1S/C17H14Cl2N2O/c18-14-9-8-13(11-15(14)19)16-7-4-10-21(20-16)17(22)12-5-2-1-3-6-12/h1-3,5-6,8-9,11H,4,7,10H2. The fourth-order valence-electron chi connectivity index (χ4n) is 2.40. The van der Waals surface area contributed by atoms with Crippen molar-refractivity contribution in [3.63, 3.8) is 0 Å². The summed E-state index contributed by atoms with van der Waals surface area (Å²) < 4.78 is 0. The molecule has 1 heterocycles. The van der Waals surface area contributed by atoms with Crippen molar-refractivity contribution in [3.05, 3.63) is 69.7 Å². The number of rotatable bonds is 2. The lowest BCUT2D eigenvalue weighted by molar-refractivity contribution is 0.0751. The average molecular weight is 333 g/mol. The van der Waals surface area contributed by atoms with Crippen LogP contribution in [0.25, 0.3) is 0 Å². The van der Waals surface area contributed by atoms with E-state index in [2.05, 4.69) is 5.10 Å². The highest BCUT2D eigenvalue weighted by Crippen LogP contribution is 2.25. The molecular formula is C17H14Cl2N2O. The number of benzene rings is 2. The van der Waals surface area contributed by atoms with Crippen LogP contribution in [-0.2, 0) is 0 Å². The largest absolute Gasteiger partial charge is 0.273 e. The molecule has 0 saturated heterocycles. The van der Waals surface area contributed by atoms with Crippen LogP contribution in [0.2, 0.25) is 10.0 Å². The van der Waals surface area contributed by atoms with Crippen LogP contribution in [0, 0.1) is 0 Å². The minimum Gasteiger partial charge on any atom is -0.267 e. The molecule has 0 aliphatic carbocycles. The third-order valence-corrected chi connectivity index (χ3v) is 4.27. The maximum absolute atomic E-state index is 12.5. The van der Waals surface area contributed by atoms with E-state index in [0.717, 1.165) is 24.1 Å². The van der Waals surface area contributed by atoms with Crippen LogP contribution < -0.4 is 0 Å². The lowest BCUT2D eigenvalue weighted by Crippen LogP contribution is -2.32. The molecule has 0 radical (unpaired) electrons. The van der Waals surface area contributed by atoms with Gasteiger partial charge in [0.25, 0.3) is 5.91 Å². The molecular weight excluding hydrogens is 319 g/mol. The van der Waals surface area contributed by atoms with Crippen molar-refractivity contribution >= 4 is 34.8 Å². The normalized spacial score (nSPS) is 14.6. The number of amides is 1. The Morgan fingerprint density at radius 3 is 2.55 bits per heavy atom. The third-order valence-electron chi connectivity index (χ3n) is 3.53. The molecule has 0 spiro atoms. The van der Waals surface area contributed by atoms with Crippen molar-refractivity contribution < 1.29 is 4.79 Å². The summed E-state index contributed by atoms with van der Waals surface area (Å²) in [4.78, 5) is 12.5. The zero-order valence-electron chi connectivity index (χ0n) is 11.8. The van der Waals surface area contributed by atoms with Crippen molar-refractivity contribution in [2.45, 2.75) is 12.8 Å². The minimum atomic E-state index is -0.0853. The van der Waals surface area contributed by atoms with Crippen LogP contribution in [0.4, 0.5) is 0 Å². The summed E-state index contributed by atoms with van der Waals surface area (Å²) in [5, 5.41) is 7.03. The van der Waals surface area contributed by atoms with Gasteiger partial charge >= 0.3 is 0 Å². The Balaban J connectivity index is 1.88. The van der Waals surface area contributed by atoms with Crippen molar-refractivity contribution in [1.29, 1.82) is 0 Å². The average Bonchev–Trinajstić information content (AvgIpc) is 2.57. The smallest absolute Gasteiger partial charge is 0.267 e. The number of carbonyl (C=O) groups is 1. The summed E-state index contributed by atoms with van der Waals surface area (Å²) in [6, 6.07) is 14.6. The van der Waals surface area contributed by atoms with E-state index < -0.39 is 0 Å². The van der Waals surface area contributed by atoms with Crippen molar-refractivity contribution in [2.24, 2.45) is 5.10 Å². The van der Waals surface area contributed by atoms with E-state index in [0.29, 0.717) is 22.2 Å². The maximum Gasteiger partial charge on any atom is 0.273 e. The Kier molecular flexibility index (Phi) is 4.46. The van der Waals surface area contributed by atoms with Gasteiger partial charge in [-0.15, -0.1) is 0 Å². The predicted octanol–water partition coefficient (Wildman–Crippen LogP) is 4.63. The van der Waals surface area contributed by atoms with E-state index in [9.17, 15) is 4.79 Å². The van der Waals surface area contributed by atoms with Gasteiger partial charge in [-0.05, 0) is 42.7 Å². The van der Waals surface area contributed by atoms with Gasteiger partial charge in [-0.3, -0.25) is 4.79 Å². The van der Waals surface area contributed by atoms with E-state index in [4.69, 9.17) is 23.2 Å². The third kappa shape index (κ3) is 3.16. The first-order valence-corrected chi connectivity index (χ1v) is 7.80. The maximum atomic E-state index is 12.5. The zero-order valence-corrected chi connectivity index (χ0v) is 13.3. The van der Waals surface area contributed by atoms with Gasteiger partial charge in [0.1, 0.15) is 0 Å². The summed E-state index contributed by atoms with van der Waals surface area (Å²) in [5.41, 5.74) is 2.40. The first-order valence-electron chi connectivity index (χ1n) is 7.05. The lowest BCUT2D eigenvalue weighted by atomic mass is 10.0. The monoisotopic (exact) mass is 332 g/mol. The molecule has 2 aromatic carbocycles. The molecule has 0 aromatic heterocycles. The molecule has 1 aliphatic heterocycles. The van der Waals surface area contributed by atoms with Gasteiger partial charge in [0.15, 0.2) is 0 Å². The van der Waals surface area contributed by atoms with Crippen LogP contribution in [0.1, 0.15) is 28.8 Å². The quantitative estimate of drug-likeness (QED) is 0.788. The van der Waals surface area contributed by atoms with E-state index >= 15 is 0 Å². The first kappa shape index (κ1) is 15.1. The Morgan fingerprint density at radius 1 is 1.05 bits per heavy atom. The summed E-state index contributed by atoms with van der Waals surface area (Å²) in [6.45, 7) is 0.624. The molecule has 2 aromatic rings. The number of hydrogen-bond acceptors (Lipinski definition) is 2. The Bertz CT molecular complexity index is 729. The number of hydrazone groups is 1. The molecule has 0 fully saturated rings. The van der Waals surface area contributed by atoms with Gasteiger partial charge in [0.2, 0.25) is 0 Å². The minimum absolute atomic E-state index is 0.0853. The van der Waals surface area contributed by atoms with Gasteiger partial charge in [-0.25, -0.2) is 5.01 Å². The second kappa shape index (κ2) is 6.51. The molecule has 112 valence electrons. The molecule has 0 atom stereocenters. The van der Waals surface area contributed by atoms with Crippen LogP contribution >= 0.6 is 23.2 Å². The molecule has 5 heteroatoms. The SMILES string of the molecule is O=C(c1ccccc1)N1CCCC(c2ccc(Cl)c(Cl)c2)=N1. The summed E-state index contributed by atoms with van der Waals surface area (Å²) in [6.07, 6.45) is 1.69. The molecule has 0 unspecified atom stereocenters. The van der Waals surface area contributed by atoms with E-state index in [1.165, 1.54) is 5.01 Å². The first-order chi connectivity index (χ1) is 10.6. The summed E-state index contributed by atoms with van der Waals surface area (Å²) in [7, 11) is 0. The van der Waals surface area contributed by atoms with Crippen LogP contribution in [-0.4, -0.2) is 23.2 Å². The molecule has 3 nitrogen and oxygen atoms in total. The molecule has 0 bridgehead atoms. The van der Waals surface area contributed by atoms with E-state index in [1.807, 2.05) is 24.3 Å². The van der Waals surface area contributed by atoms with Gasteiger partial charge < -0.3 is 0 Å². The molecule has 3 rings (SSSR count). The summed E-state index contributed by atoms with van der Waals surface area (Å²) in [5.74, 6) is -0.0853. The van der Waals surface area contributed by atoms with Crippen molar-refractivity contribution in [2.75, 3.05) is 6.54 Å². The van der Waals surface area contributed by atoms with Gasteiger partial charge in [-0.1, -0.05) is 47.5 Å².